The molecule has 142 valence electrons. The van der Waals surface area contributed by atoms with E-state index >= 15 is 0 Å². The zero-order valence-electron chi connectivity index (χ0n) is 15.4. The van der Waals surface area contributed by atoms with Crippen LogP contribution >= 0.6 is 0 Å². The molecule has 0 unspecified atom stereocenters. The number of esters is 1. The van der Waals surface area contributed by atoms with Crippen molar-refractivity contribution in [1.82, 2.24) is 16.0 Å². The van der Waals surface area contributed by atoms with Crippen molar-refractivity contribution in [3.05, 3.63) is 35.4 Å². The van der Waals surface area contributed by atoms with Crippen molar-refractivity contribution >= 4 is 23.8 Å². The van der Waals surface area contributed by atoms with Crippen molar-refractivity contribution in [2.45, 2.75) is 33.7 Å². The zero-order valence-corrected chi connectivity index (χ0v) is 15.4. The van der Waals surface area contributed by atoms with E-state index in [0.717, 1.165) is 5.56 Å². The zero-order chi connectivity index (χ0) is 19.7. The molecule has 0 aliphatic carbocycles. The summed E-state index contributed by atoms with van der Waals surface area (Å²) in [7, 11) is 0. The number of ether oxygens (including phenoxy) is 1. The molecule has 4 amide bonds. The van der Waals surface area contributed by atoms with Gasteiger partial charge in [-0.3, -0.25) is 14.9 Å². The third-order valence-electron chi connectivity index (χ3n) is 3.53. The van der Waals surface area contributed by atoms with Crippen molar-refractivity contribution in [2.24, 2.45) is 5.92 Å². The van der Waals surface area contributed by atoms with Crippen LogP contribution < -0.4 is 16.0 Å². The van der Waals surface area contributed by atoms with Crippen molar-refractivity contribution in [2.75, 3.05) is 13.2 Å². The highest BCUT2D eigenvalue weighted by Gasteiger charge is 2.27. The summed E-state index contributed by atoms with van der Waals surface area (Å²) in [6.45, 7) is 6.74. The van der Waals surface area contributed by atoms with Gasteiger partial charge in [-0.25, -0.2) is 9.59 Å². The van der Waals surface area contributed by atoms with Crippen LogP contribution in [0.25, 0.3) is 0 Å². The van der Waals surface area contributed by atoms with Crippen LogP contribution in [-0.2, 0) is 14.3 Å². The van der Waals surface area contributed by atoms with Crippen LogP contribution in [0.4, 0.5) is 4.79 Å². The minimum Gasteiger partial charge on any atom is -0.454 e. The maximum atomic E-state index is 12.4. The van der Waals surface area contributed by atoms with Gasteiger partial charge in [0.15, 0.2) is 6.61 Å². The fourth-order valence-electron chi connectivity index (χ4n) is 2.14. The van der Waals surface area contributed by atoms with Crippen LogP contribution in [-0.4, -0.2) is 43.0 Å². The lowest BCUT2D eigenvalue weighted by atomic mass is 10.0. The van der Waals surface area contributed by atoms with E-state index in [1.807, 2.05) is 11.4 Å². The molecule has 0 aliphatic rings. The first-order valence-electron chi connectivity index (χ1n) is 8.37. The molecule has 0 aliphatic heterocycles. The number of rotatable bonds is 7. The fraction of sp³-hybridized carbons (Fsp3) is 0.444. The summed E-state index contributed by atoms with van der Waals surface area (Å²) in [4.78, 5) is 47.4. The molecule has 3 N–H and O–H groups in total. The number of amides is 4. The summed E-state index contributed by atoms with van der Waals surface area (Å²) in [5.41, 5.74) is 1.24. The Morgan fingerprint density at radius 1 is 1.12 bits per heavy atom. The molecule has 0 spiro atoms. The van der Waals surface area contributed by atoms with Gasteiger partial charge < -0.3 is 15.4 Å². The molecular formula is C18H25N3O5. The number of hydrogen-bond donors (Lipinski definition) is 3. The van der Waals surface area contributed by atoms with Crippen LogP contribution in [0.2, 0.25) is 0 Å². The number of nitrogens with one attached hydrogen (secondary N) is 3. The highest BCUT2D eigenvalue weighted by molar-refractivity contribution is 5.98. The van der Waals surface area contributed by atoms with Gasteiger partial charge in [-0.1, -0.05) is 32.0 Å². The van der Waals surface area contributed by atoms with Gasteiger partial charge in [0.2, 0.25) is 0 Å². The molecule has 8 heteroatoms. The molecule has 1 atom stereocenters. The second-order valence-corrected chi connectivity index (χ2v) is 6.03. The Labute approximate surface area is 152 Å². The van der Waals surface area contributed by atoms with Gasteiger partial charge in [-0.15, -0.1) is 0 Å². The smallest absolute Gasteiger partial charge is 0.329 e. The van der Waals surface area contributed by atoms with E-state index in [9.17, 15) is 19.2 Å². The van der Waals surface area contributed by atoms with Crippen molar-refractivity contribution in [1.29, 1.82) is 0 Å². The van der Waals surface area contributed by atoms with Crippen LogP contribution in [0.1, 0.15) is 36.7 Å². The van der Waals surface area contributed by atoms with Crippen LogP contribution in [0.3, 0.4) is 0 Å². The molecule has 0 fully saturated rings. The molecule has 8 nitrogen and oxygen atoms in total. The minimum absolute atomic E-state index is 0.248. The largest absolute Gasteiger partial charge is 0.454 e. The highest BCUT2D eigenvalue weighted by Crippen LogP contribution is 2.10. The second kappa shape index (κ2) is 10.2. The molecule has 0 saturated carbocycles. The fourth-order valence-corrected chi connectivity index (χ4v) is 2.14. The third-order valence-corrected chi connectivity index (χ3v) is 3.53. The second-order valence-electron chi connectivity index (χ2n) is 6.03. The Morgan fingerprint density at radius 2 is 1.77 bits per heavy atom. The number of imide groups is 1. The molecule has 0 radical (unpaired) electrons. The molecule has 1 aromatic rings. The van der Waals surface area contributed by atoms with Gasteiger partial charge in [0, 0.05) is 12.1 Å². The minimum atomic E-state index is -0.917. The van der Waals surface area contributed by atoms with Gasteiger partial charge in [0.25, 0.3) is 11.8 Å². The topological polar surface area (TPSA) is 114 Å². The number of carbonyl (C=O) groups is 4. The third kappa shape index (κ3) is 6.54. The predicted molar refractivity (Wildman–Crippen MR) is 95.4 cm³/mol. The SMILES string of the molecule is CCNC(=O)NC(=O)COC(=O)[C@H](NC(=O)c1ccccc1C)C(C)C. The van der Waals surface area contributed by atoms with E-state index < -0.39 is 36.5 Å². The Hall–Kier alpha value is -2.90. The van der Waals surface area contributed by atoms with Gasteiger partial charge in [0.05, 0.1) is 0 Å². The van der Waals surface area contributed by atoms with Crippen LogP contribution in [0.15, 0.2) is 24.3 Å². The first-order valence-corrected chi connectivity index (χ1v) is 8.37. The summed E-state index contributed by atoms with van der Waals surface area (Å²) >= 11 is 0. The number of aryl methyl sites for hydroxylation is 1. The van der Waals surface area contributed by atoms with Crippen LogP contribution in [0, 0.1) is 12.8 Å². The van der Waals surface area contributed by atoms with E-state index in [0.29, 0.717) is 12.1 Å². The summed E-state index contributed by atoms with van der Waals surface area (Å²) in [5, 5.41) is 7.04. The number of benzene rings is 1. The lowest BCUT2D eigenvalue weighted by Crippen LogP contribution is -2.47. The summed E-state index contributed by atoms with van der Waals surface area (Å²) in [6.07, 6.45) is 0. The quantitative estimate of drug-likeness (QED) is 0.629. The van der Waals surface area contributed by atoms with E-state index in [-0.39, 0.29) is 5.92 Å². The molecule has 26 heavy (non-hydrogen) atoms. The van der Waals surface area contributed by atoms with E-state index in [1.54, 1.807) is 45.9 Å². The van der Waals surface area contributed by atoms with Gasteiger partial charge in [0.1, 0.15) is 6.04 Å². The monoisotopic (exact) mass is 363 g/mol. The van der Waals surface area contributed by atoms with Crippen LogP contribution in [0.5, 0.6) is 0 Å². The first kappa shape index (κ1) is 21.1. The summed E-state index contributed by atoms with van der Waals surface area (Å²) < 4.78 is 4.93. The lowest BCUT2D eigenvalue weighted by Gasteiger charge is -2.21. The molecule has 0 heterocycles. The molecule has 0 bridgehead atoms. The summed E-state index contributed by atoms with van der Waals surface area (Å²) in [5.74, 6) is -2.14. The van der Waals surface area contributed by atoms with Gasteiger partial charge in [-0.05, 0) is 31.4 Å². The average Bonchev–Trinajstić information content (AvgIpc) is 2.57. The number of urea groups is 1. The molecule has 1 rings (SSSR count). The lowest BCUT2D eigenvalue weighted by molar-refractivity contribution is -0.151. The highest BCUT2D eigenvalue weighted by atomic mass is 16.5. The van der Waals surface area contributed by atoms with Crippen molar-refractivity contribution < 1.29 is 23.9 Å². The normalized spacial score (nSPS) is 11.4. The van der Waals surface area contributed by atoms with Gasteiger partial charge >= 0.3 is 12.0 Å². The summed E-state index contributed by atoms with van der Waals surface area (Å²) in [6, 6.07) is 5.42. The standard InChI is InChI=1S/C18H25N3O5/c1-5-19-18(25)20-14(22)10-26-17(24)15(11(2)3)21-16(23)13-9-7-6-8-12(13)4/h6-9,11,15H,5,10H2,1-4H3,(H,21,23)(H2,19,20,22,25)/t15-/m1/s1. The van der Waals surface area contributed by atoms with E-state index in [2.05, 4.69) is 10.6 Å². The molecular weight excluding hydrogens is 338 g/mol. The molecule has 0 saturated heterocycles. The van der Waals surface area contributed by atoms with E-state index in [4.69, 9.17) is 4.74 Å². The molecule has 0 aromatic heterocycles. The molecule has 1 aromatic carbocycles. The Bertz CT molecular complexity index is 673. The van der Waals surface area contributed by atoms with Crippen molar-refractivity contribution in [3.63, 3.8) is 0 Å². The van der Waals surface area contributed by atoms with Crippen molar-refractivity contribution in [3.8, 4) is 0 Å². The average molecular weight is 363 g/mol. The number of carbonyl (C=O) groups excluding carboxylic acids is 4. The number of hydrogen-bond acceptors (Lipinski definition) is 5. The maximum Gasteiger partial charge on any atom is 0.329 e. The van der Waals surface area contributed by atoms with E-state index in [1.165, 1.54) is 0 Å². The Morgan fingerprint density at radius 3 is 2.35 bits per heavy atom. The van der Waals surface area contributed by atoms with Gasteiger partial charge in [-0.2, -0.15) is 0 Å². The maximum absolute atomic E-state index is 12.4. The predicted octanol–water partition coefficient (Wildman–Crippen LogP) is 1.14. The Kier molecular flexibility index (Phi) is 8.27. The first-order chi connectivity index (χ1) is 12.3. The Balaban J connectivity index is 2.65.